The molecule has 0 saturated heterocycles. The fourth-order valence-corrected chi connectivity index (χ4v) is 0.616. The van der Waals surface area contributed by atoms with Gasteiger partial charge in [0.15, 0.2) is 0 Å². The molecule has 0 bridgehead atoms. The van der Waals surface area contributed by atoms with E-state index in [2.05, 4.69) is 11.3 Å². The van der Waals surface area contributed by atoms with Gasteiger partial charge in [0.25, 0.3) is 0 Å². The molecule has 4 nitrogen and oxygen atoms in total. The van der Waals surface area contributed by atoms with Crippen LogP contribution in [0.1, 0.15) is 17.5 Å². The smallest absolute Gasteiger partial charge is 0.382 e. The molecule has 0 aliphatic rings. The predicted octanol–water partition coefficient (Wildman–Crippen LogP) is 1.54. The van der Waals surface area contributed by atoms with E-state index in [1.165, 1.54) is 25.3 Å². The van der Waals surface area contributed by atoms with Gasteiger partial charge in [0.05, 0.1) is 6.26 Å². The fourth-order valence-electron chi connectivity index (χ4n) is 0.616. The van der Waals surface area contributed by atoms with Crippen LogP contribution >= 0.6 is 0 Å². The summed E-state index contributed by atoms with van der Waals surface area (Å²) in [4.78, 5) is 21.9. The summed E-state index contributed by atoms with van der Waals surface area (Å²) in [6, 6.07) is 2.94. The first-order valence-corrected chi connectivity index (χ1v) is 3.57. The van der Waals surface area contributed by atoms with Crippen molar-refractivity contribution in [3.8, 4) is 0 Å². The van der Waals surface area contributed by atoms with Crippen molar-refractivity contribution >= 4 is 11.9 Å². The van der Waals surface area contributed by atoms with Gasteiger partial charge in [-0.3, -0.25) is 0 Å². The molecule has 0 radical (unpaired) electrons. The largest absolute Gasteiger partial charge is 0.457 e. The van der Waals surface area contributed by atoms with E-state index < -0.39 is 11.9 Å². The van der Waals surface area contributed by atoms with Gasteiger partial charge in [-0.05, 0) is 19.1 Å². The van der Waals surface area contributed by atoms with Crippen molar-refractivity contribution in [3.05, 3.63) is 36.3 Å². The van der Waals surface area contributed by atoms with E-state index in [1.54, 1.807) is 0 Å². The minimum absolute atomic E-state index is 0.00500. The summed E-state index contributed by atoms with van der Waals surface area (Å²) in [7, 11) is 0. The third kappa shape index (κ3) is 2.30. The van der Waals surface area contributed by atoms with Gasteiger partial charge in [0.2, 0.25) is 5.76 Å². The Morgan fingerprint density at radius 3 is 2.69 bits per heavy atom. The average molecular weight is 180 g/mol. The number of rotatable bonds is 2. The van der Waals surface area contributed by atoms with Crippen LogP contribution in [0.3, 0.4) is 0 Å². The van der Waals surface area contributed by atoms with Gasteiger partial charge < -0.3 is 9.15 Å². The SMILES string of the molecule is C=C(C)C(=O)OC(=O)c1ccco1. The van der Waals surface area contributed by atoms with Gasteiger partial charge in [0, 0.05) is 5.57 Å². The van der Waals surface area contributed by atoms with Gasteiger partial charge in [-0.1, -0.05) is 6.58 Å². The maximum atomic E-state index is 11.0. The molecule has 0 aliphatic heterocycles. The lowest BCUT2D eigenvalue weighted by Gasteiger charge is -1.98. The summed E-state index contributed by atoms with van der Waals surface area (Å²) in [6.45, 7) is 4.79. The van der Waals surface area contributed by atoms with Gasteiger partial charge >= 0.3 is 11.9 Å². The first kappa shape index (κ1) is 9.25. The lowest BCUT2D eigenvalue weighted by Crippen LogP contribution is -2.12. The second kappa shape index (κ2) is 3.71. The molecule has 0 atom stereocenters. The highest BCUT2D eigenvalue weighted by Gasteiger charge is 2.15. The van der Waals surface area contributed by atoms with Crippen LogP contribution in [0.25, 0.3) is 0 Å². The van der Waals surface area contributed by atoms with Crippen LogP contribution in [0.2, 0.25) is 0 Å². The fraction of sp³-hybridized carbons (Fsp3) is 0.111. The first-order chi connectivity index (χ1) is 6.11. The third-order valence-electron chi connectivity index (χ3n) is 1.26. The zero-order valence-electron chi connectivity index (χ0n) is 7.07. The number of esters is 2. The Kier molecular flexibility index (Phi) is 2.64. The first-order valence-electron chi connectivity index (χ1n) is 3.57. The molecular weight excluding hydrogens is 172 g/mol. The maximum absolute atomic E-state index is 11.0. The molecule has 0 unspecified atom stereocenters. The molecule has 0 spiro atoms. The Morgan fingerprint density at radius 1 is 1.54 bits per heavy atom. The minimum Gasteiger partial charge on any atom is -0.457 e. The summed E-state index contributed by atoms with van der Waals surface area (Å²) in [5.74, 6) is -1.56. The quantitative estimate of drug-likeness (QED) is 0.393. The van der Waals surface area contributed by atoms with Crippen molar-refractivity contribution in [2.24, 2.45) is 0 Å². The number of carbonyl (C=O) groups is 2. The number of ether oxygens (including phenoxy) is 1. The van der Waals surface area contributed by atoms with Crippen LogP contribution in [0.4, 0.5) is 0 Å². The van der Waals surface area contributed by atoms with E-state index in [0.717, 1.165) is 0 Å². The lowest BCUT2D eigenvalue weighted by molar-refractivity contribution is -0.133. The molecule has 13 heavy (non-hydrogen) atoms. The van der Waals surface area contributed by atoms with E-state index >= 15 is 0 Å². The Hall–Kier alpha value is -1.84. The highest BCUT2D eigenvalue weighted by atomic mass is 16.6. The predicted molar refractivity (Wildman–Crippen MR) is 43.9 cm³/mol. The molecule has 0 N–H and O–H groups in total. The second-order valence-electron chi connectivity index (χ2n) is 2.43. The summed E-state index contributed by atoms with van der Waals surface area (Å²) >= 11 is 0. The molecule has 1 aromatic heterocycles. The molecule has 1 aromatic rings. The summed E-state index contributed by atoms with van der Waals surface area (Å²) in [5, 5.41) is 0. The molecule has 1 rings (SSSR count). The third-order valence-corrected chi connectivity index (χ3v) is 1.26. The van der Waals surface area contributed by atoms with E-state index in [-0.39, 0.29) is 11.3 Å². The van der Waals surface area contributed by atoms with E-state index in [4.69, 9.17) is 4.42 Å². The van der Waals surface area contributed by atoms with Crippen LogP contribution in [0.15, 0.2) is 35.0 Å². The van der Waals surface area contributed by atoms with Gasteiger partial charge in [-0.25, -0.2) is 9.59 Å². The highest BCUT2D eigenvalue weighted by Crippen LogP contribution is 2.04. The number of carbonyl (C=O) groups excluding carboxylic acids is 2. The topological polar surface area (TPSA) is 56.5 Å². The Labute approximate surface area is 74.8 Å². The zero-order valence-corrected chi connectivity index (χ0v) is 7.07. The molecule has 4 heteroatoms. The van der Waals surface area contributed by atoms with Gasteiger partial charge in [-0.15, -0.1) is 0 Å². The monoisotopic (exact) mass is 180 g/mol. The van der Waals surface area contributed by atoms with Crippen molar-refractivity contribution in [2.45, 2.75) is 6.92 Å². The molecule has 0 aromatic carbocycles. The van der Waals surface area contributed by atoms with Crippen molar-refractivity contribution in [1.29, 1.82) is 0 Å². The molecule has 0 aliphatic carbocycles. The van der Waals surface area contributed by atoms with Gasteiger partial charge in [-0.2, -0.15) is 0 Å². The number of furan rings is 1. The Morgan fingerprint density at radius 2 is 2.23 bits per heavy atom. The summed E-state index contributed by atoms with van der Waals surface area (Å²) in [5.41, 5.74) is 0.167. The van der Waals surface area contributed by atoms with Crippen molar-refractivity contribution in [3.63, 3.8) is 0 Å². The van der Waals surface area contributed by atoms with E-state index in [1.807, 2.05) is 0 Å². The maximum Gasteiger partial charge on any atom is 0.382 e. The highest BCUT2D eigenvalue weighted by molar-refractivity contribution is 6.00. The van der Waals surface area contributed by atoms with Crippen LogP contribution in [-0.2, 0) is 9.53 Å². The molecule has 0 saturated carbocycles. The van der Waals surface area contributed by atoms with E-state index in [9.17, 15) is 9.59 Å². The van der Waals surface area contributed by atoms with Crippen molar-refractivity contribution in [1.82, 2.24) is 0 Å². The van der Waals surface area contributed by atoms with Crippen molar-refractivity contribution < 1.29 is 18.7 Å². The normalized spacial score (nSPS) is 9.31. The lowest BCUT2D eigenvalue weighted by atomic mass is 10.4. The zero-order chi connectivity index (χ0) is 9.84. The second-order valence-corrected chi connectivity index (χ2v) is 2.43. The number of hydrogen-bond acceptors (Lipinski definition) is 4. The van der Waals surface area contributed by atoms with Gasteiger partial charge in [0.1, 0.15) is 0 Å². The van der Waals surface area contributed by atoms with Crippen LogP contribution in [-0.4, -0.2) is 11.9 Å². The molecule has 0 amide bonds. The van der Waals surface area contributed by atoms with Crippen molar-refractivity contribution in [2.75, 3.05) is 0 Å². The van der Waals surface area contributed by atoms with E-state index in [0.29, 0.717) is 0 Å². The summed E-state index contributed by atoms with van der Waals surface area (Å²) in [6.07, 6.45) is 1.32. The van der Waals surface area contributed by atoms with Crippen LogP contribution in [0.5, 0.6) is 0 Å². The number of hydrogen-bond donors (Lipinski definition) is 0. The average Bonchev–Trinajstić information content (AvgIpc) is 2.55. The molecule has 1 heterocycles. The minimum atomic E-state index is -0.807. The molecule has 0 fully saturated rings. The molecule has 68 valence electrons. The van der Waals surface area contributed by atoms with Crippen LogP contribution < -0.4 is 0 Å². The Bertz CT molecular complexity index is 335. The standard InChI is InChI=1S/C9H8O4/c1-6(2)8(10)13-9(11)7-4-3-5-12-7/h3-5H,1H2,2H3. The summed E-state index contributed by atoms with van der Waals surface area (Å²) < 4.78 is 9.10. The van der Waals surface area contributed by atoms with Crippen LogP contribution in [0, 0.1) is 0 Å². The molecular formula is C9H8O4. The Balaban J connectivity index is 2.62.